The molecule has 2 N–H and O–H groups in total. The molecule has 118 valence electrons. The number of nitrogens with one attached hydrogen (secondary N) is 1. The summed E-state index contributed by atoms with van der Waals surface area (Å²) in [4.78, 5) is 24.6. The average molecular weight is 316 g/mol. The molecule has 0 unspecified atom stereocenters. The summed E-state index contributed by atoms with van der Waals surface area (Å²) >= 11 is 0. The van der Waals surface area contributed by atoms with Crippen LogP contribution in [0.5, 0.6) is 0 Å². The van der Waals surface area contributed by atoms with Gasteiger partial charge in [0, 0.05) is 24.2 Å². The van der Waals surface area contributed by atoms with E-state index in [9.17, 15) is 14.0 Å². The molecule has 7 nitrogen and oxygen atoms in total. The maximum absolute atomic E-state index is 14.1. The third kappa shape index (κ3) is 2.84. The number of amides is 2. The molecule has 0 saturated heterocycles. The molecule has 1 aliphatic heterocycles. The van der Waals surface area contributed by atoms with Crippen molar-refractivity contribution < 1.29 is 19.1 Å². The summed E-state index contributed by atoms with van der Waals surface area (Å²) in [6.07, 6.45) is 4.27. The highest BCUT2D eigenvalue weighted by Crippen LogP contribution is 2.21. The van der Waals surface area contributed by atoms with Gasteiger partial charge in [0.25, 0.3) is 11.8 Å². The highest BCUT2D eigenvalue weighted by Gasteiger charge is 2.30. The van der Waals surface area contributed by atoms with Gasteiger partial charge in [-0.15, -0.1) is 0 Å². The van der Waals surface area contributed by atoms with E-state index in [-0.39, 0.29) is 24.5 Å². The van der Waals surface area contributed by atoms with Crippen LogP contribution in [-0.2, 0) is 9.59 Å². The number of hydrogen-bond acceptors (Lipinski definition) is 5. The van der Waals surface area contributed by atoms with Crippen molar-refractivity contribution in [1.82, 2.24) is 14.7 Å². The van der Waals surface area contributed by atoms with E-state index in [0.717, 1.165) is 11.0 Å². The molecule has 8 heteroatoms. The number of aliphatic hydroxyl groups is 1. The van der Waals surface area contributed by atoms with Gasteiger partial charge in [-0.1, -0.05) is 0 Å². The number of anilines is 1. The third-order valence-corrected chi connectivity index (χ3v) is 3.31. The Kier molecular flexibility index (Phi) is 3.90. The number of rotatable bonds is 5. The van der Waals surface area contributed by atoms with Crippen LogP contribution < -0.4 is 5.32 Å². The second-order valence-electron chi connectivity index (χ2n) is 4.82. The van der Waals surface area contributed by atoms with Gasteiger partial charge in [-0.3, -0.25) is 14.5 Å². The minimum absolute atomic E-state index is 0.0367. The van der Waals surface area contributed by atoms with Gasteiger partial charge < -0.3 is 10.4 Å². The van der Waals surface area contributed by atoms with Crippen LogP contribution in [0.4, 0.5) is 10.1 Å². The van der Waals surface area contributed by atoms with E-state index in [1.165, 1.54) is 23.0 Å². The van der Waals surface area contributed by atoms with Crippen molar-refractivity contribution in [2.45, 2.75) is 0 Å². The van der Waals surface area contributed by atoms with E-state index in [1.807, 2.05) is 0 Å². The van der Waals surface area contributed by atoms with Crippen molar-refractivity contribution in [2.24, 2.45) is 0 Å². The fourth-order valence-electron chi connectivity index (χ4n) is 2.25. The van der Waals surface area contributed by atoms with Crippen molar-refractivity contribution in [3.05, 3.63) is 54.2 Å². The van der Waals surface area contributed by atoms with Gasteiger partial charge in [-0.2, -0.15) is 5.10 Å². The summed E-state index contributed by atoms with van der Waals surface area (Å²) in [5, 5.41) is 15.5. The third-order valence-electron chi connectivity index (χ3n) is 3.31. The molecule has 2 heterocycles. The van der Waals surface area contributed by atoms with Crippen molar-refractivity contribution in [2.75, 3.05) is 18.5 Å². The lowest BCUT2D eigenvalue weighted by molar-refractivity contribution is -0.137. The molecule has 2 aromatic rings. The van der Waals surface area contributed by atoms with Crippen molar-refractivity contribution in [1.29, 1.82) is 0 Å². The Morgan fingerprint density at radius 2 is 2.13 bits per heavy atom. The Labute approximate surface area is 130 Å². The number of benzene rings is 1. The molecule has 1 aromatic heterocycles. The van der Waals surface area contributed by atoms with Gasteiger partial charge in [0.05, 0.1) is 13.2 Å². The second kappa shape index (κ2) is 6.01. The first-order chi connectivity index (χ1) is 11.1. The Bertz CT molecular complexity index is 786. The highest BCUT2D eigenvalue weighted by molar-refractivity contribution is 6.17. The zero-order chi connectivity index (χ0) is 16.4. The first kappa shape index (κ1) is 14.9. The maximum Gasteiger partial charge on any atom is 0.277 e. The number of aromatic nitrogens is 2. The summed E-state index contributed by atoms with van der Waals surface area (Å²) in [7, 11) is 0. The average Bonchev–Trinajstić information content (AvgIpc) is 3.13. The standard InChI is InChI=1S/C15H13FN4O3/c16-11-8-10(2-3-13(11)20-5-1-4-17-20)18-12-9-14(22)19(6-7-21)15(12)23/h1-5,8-9,18,21H,6-7H2. The van der Waals surface area contributed by atoms with E-state index >= 15 is 0 Å². The maximum atomic E-state index is 14.1. The van der Waals surface area contributed by atoms with Gasteiger partial charge >= 0.3 is 0 Å². The minimum atomic E-state index is -0.555. The van der Waals surface area contributed by atoms with Crippen molar-refractivity contribution in [3.63, 3.8) is 0 Å². The van der Waals surface area contributed by atoms with Crippen LogP contribution in [-0.4, -0.2) is 44.8 Å². The molecule has 0 aliphatic carbocycles. The fraction of sp³-hybridized carbons (Fsp3) is 0.133. The molecule has 1 aromatic carbocycles. The number of β-amino-alcohol motifs (C(OH)–C–C–N with tert-alkyl or cyclic N) is 1. The fourth-order valence-corrected chi connectivity index (χ4v) is 2.25. The molecule has 0 bridgehead atoms. The SMILES string of the molecule is O=C1C=C(Nc2ccc(-n3cccn3)c(F)c2)C(=O)N1CCO. The summed E-state index contributed by atoms with van der Waals surface area (Å²) in [5.74, 6) is -1.59. The number of aliphatic hydroxyl groups excluding tert-OH is 1. The predicted octanol–water partition coefficient (Wildman–Crippen LogP) is 0.668. The molecular formula is C15H13FN4O3. The first-order valence-corrected chi connectivity index (χ1v) is 6.85. The first-order valence-electron chi connectivity index (χ1n) is 6.85. The molecular weight excluding hydrogens is 303 g/mol. The van der Waals surface area contributed by atoms with Gasteiger partial charge in [0.1, 0.15) is 11.4 Å². The van der Waals surface area contributed by atoms with E-state index in [1.54, 1.807) is 18.3 Å². The summed E-state index contributed by atoms with van der Waals surface area (Å²) in [6, 6.07) is 5.98. The van der Waals surface area contributed by atoms with Crippen LogP contribution >= 0.6 is 0 Å². The molecule has 0 fully saturated rings. The lowest BCUT2D eigenvalue weighted by Gasteiger charge is -2.13. The van der Waals surface area contributed by atoms with E-state index in [2.05, 4.69) is 10.4 Å². The van der Waals surface area contributed by atoms with Crippen LogP contribution in [0.15, 0.2) is 48.4 Å². The largest absolute Gasteiger partial charge is 0.395 e. The second-order valence-corrected chi connectivity index (χ2v) is 4.82. The molecule has 0 spiro atoms. The van der Waals surface area contributed by atoms with Crippen LogP contribution in [0.3, 0.4) is 0 Å². The summed E-state index contributed by atoms with van der Waals surface area (Å²) in [5.41, 5.74) is 0.636. The number of carbonyl (C=O) groups excluding carboxylic acids is 2. The van der Waals surface area contributed by atoms with Crippen molar-refractivity contribution >= 4 is 17.5 Å². The van der Waals surface area contributed by atoms with Gasteiger partial charge in [0.15, 0.2) is 5.82 Å². The van der Waals surface area contributed by atoms with Crippen LogP contribution in [0.2, 0.25) is 0 Å². The van der Waals surface area contributed by atoms with Gasteiger partial charge in [-0.05, 0) is 24.3 Å². The normalized spacial score (nSPS) is 14.3. The quantitative estimate of drug-likeness (QED) is 0.792. The number of imide groups is 1. The van der Waals surface area contributed by atoms with Crippen LogP contribution in [0.1, 0.15) is 0 Å². The Morgan fingerprint density at radius 3 is 2.78 bits per heavy atom. The molecule has 2 amide bonds. The van der Waals surface area contributed by atoms with E-state index in [4.69, 9.17) is 5.11 Å². The van der Waals surface area contributed by atoms with Gasteiger partial charge in [-0.25, -0.2) is 9.07 Å². The molecule has 0 saturated carbocycles. The summed E-state index contributed by atoms with van der Waals surface area (Å²) < 4.78 is 15.5. The zero-order valence-corrected chi connectivity index (χ0v) is 11.9. The highest BCUT2D eigenvalue weighted by atomic mass is 19.1. The van der Waals surface area contributed by atoms with Crippen molar-refractivity contribution in [3.8, 4) is 5.69 Å². The predicted molar refractivity (Wildman–Crippen MR) is 79.0 cm³/mol. The molecule has 1 aliphatic rings. The molecule has 0 radical (unpaired) electrons. The Hall–Kier alpha value is -3.00. The molecule has 23 heavy (non-hydrogen) atoms. The van der Waals surface area contributed by atoms with Crippen LogP contribution in [0, 0.1) is 5.82 Å². The number of carbonyl (C=O) groups is 2. The van der Waals surface area contributed by atoms with Crippen LogP contribution in [0.25, 0.3) is 5.69 Å². The number of halogens is 1. The van der Waals surface area contributed by atoms with E-state index < -0.39 is 17.6 Å². The lowest BCUT2D eigenvalue weighted by atomic mass is 10.2. The Balaban J connectivity index is 1.79. The minimum Gasteiger partial charge on any atom is -0.395 e. The smallest absolute Gasteiger partial charge is 0.277 e. The summed E-state index contributed by atoms with van der Waals surface area (Å²) in [6.45, 7) is -0.391. The monoisotopic (exact) mass is 316 g/mol. The molecule has 3 rings (SSSR count). The number of nitrogens with zero attached hydrogens (tertiary/aromatic N) is 3. The lowest BCUT2D eigenvalue weighted by Crippen LogP contribution is -2.34. The van der Waals surface area contributed by atoms with E-state index in [0.29, 0.717) is 5.69 Å². The molecule has 0 atom stereocenters. The zero-order valence-electron chi connectivity index (χ0n) is 11.9. The topological polar surface area (TPSA) is 87.5 Å². The Morgan fingerprint density at radius 1 is 1.30 bits per heavy atom. The van der Waals surface area contributed by atoms with Gasteiger partial charge in [0.2, 0.25) is 0 Å². The number of hydrogen-bond donors (Lipinski definition) is 2.